The van der Waals surface area contributed by atoms with Crippen molar-refractivity contribution in [3.8, 4) is 0 Å². The van der Waals surface area contributed by atoms with Crippen LogP contribution in [0.1, 0.15) is 17.4 Å². The maximum absolute atomic E-state index is 11.1. The first kappa shape index (κ1) is 8.37. The largest absolute Gasteiger partial charge is 0.293 e. The number of fused-ring (bicyclic) bond motifs is 1. The van der Waals surface area contributed by atoms with Crippen LogP contribution < -0.4 is 0 Å². The zero-order chi connectivity index (χ0) is 9.42. The summed E-state index contributed by atoms with van der Waals surface area (Å²) in [6.07, 6.45) is 3.15. The topological polar surface area (TPSA) is 47.3 Å². The Morgan fingerprint density at radius 1 is 1.54 bits per heavy atom. The summed E-state index contributed by atoms with van der Waals surface area (Å²) in [5.74, 6) is -0.0395. The van der Waals surface area contributed by atoms with Gasteiger partial charge in [0.1, 0.15) is 5.69 Å². The summed E-state index contributed by atoms with van der Waals surface area (Å²) in [4.78, 5) is 15.1. The van der Waals surface area contributed by atoms with Crippen LogP contribution in [-0.2, 0) is 0 Å². The van der Waals surface area contributed by atoms with E-state index < -0.39 is 0 Å². The van der Waals surface area contributed by atoms with Gasteiger partial charge < -0.3 is 0 Å². The fourth-order valence-electron chi connectivity index (χ4n) is 1.09. The van der Waals surface area contributed by atoms with E-state index in [4.69, 9.17) is 0 Å². The minimum absolute atomic E-state index is 0.0395. The van der Waals surface area contributed by atoms with E-state index >= 15 is 0 Å². The Balaban J connectivity index is 2.76. The summed E-state index contributed by atoms with van der Waals surface area (Å²) < 4.78 is 2.37. The molecule has 2 heterocycles. The van der Waals surface area contributed by atoms with Crippen LogP contribution in [0.3, 0.4) is 0 Å². The molecule has 0 N–H and O–H groups in total. The second kappa shape index (κ2) is 2.92. The number of halogens is 1. The molecule has 0 spiro atoms. The van der Waals surface area contributed by atoms with Gasteiger partial charge in [0.05, 0.1) is 12.4 Å². The molecule has 2 aromatic rings. The number of hydrogen-bond donors (Lipinski definition) is 0. The van der Waals surface area contributed by atoms with Crippen LogP contribution in [0.15, 0.2) is 22.9 Å². The molecular weight excluding hydrogens is 234 g/mol. The SMILES string of the molecule is CC(=O)c1cnc2cc(Br)cnn12. The quantitative estimate of drug-likeness (QED) is 0.712. The molecule has 5 heteroatoms. The summed E-state index contributed by atoms with van der Waals surface area (Å²) in [5, 5.41) is 4.05. The predicted octanol–water partition coefficient (Wildman–Crippen LogP) is 1.69. The van der Waals surface area contributed by atoms with E-state index in [0.717, 1.165) is 4.47 Å². The van der Waals surface area contributed by atoms with Crippen molar-refractivity contribution in [3.63, 3.8) is 0 Å². The van der Waals surface area contributed by atoms with Crippen molar-refractivity contribution >= 4 is 27.4 Å². The van der Waals surface area contributed by atoms with Crippen LogP contribution in [0.25, 0.3) is 5.65 Å². The Kier molecular flexibility index (Phi) is 1.88. The molecule has 0 bridgehead atoms. The fraction of sp³-hybridized carbons (Fsp3) is 0.125. The van der Waals surface area contributed by atoms with E-state index in [1.807, 2.05) is 0 Å². The maximum atomic E-state index is 11.1. The number of nitrogens with zero attached hydrogens (tertiary/aromatic N) is 3. The average molecular weight is 240 g/mol. The van der Waals surface area contributed by atoms with Crippen LogP contribution in [0.4, 0.5) is 0 Å². The van der Waals surface area contributed by atoms with Crippen molar-refractivity contribution < 1.29 is 4.79 Å². The molecule has 2 aromatic heterocycles. The summed E-state index contributed by atoms with van der Waals surface area (Å²) in [6.45, 7) is 1.49. The Labute approximate surface area is 82.7 Å². The lowest BCUT2D eigenvalue weighted by Crippen LogP contribution is -2.01. The van der Waals surface area contributed by atoms with Gasteiger partial charge in [0, 0.05) is 11.4 Å². The molecule has 0 fully saturated rings. The van der Waals surface area contributed by atoms with Gasteiger partial charge in [-0.2, -0.15) is 5.10 Å². The number of Topliss-reactive ketones (excluding diaryl/α,β-unsaturated/α-hetero) is 1. The van der Waals surface area contributed by atoms with Crippen LogP contribution >= 0.6 is 15.9 Å². The van der Waals surface area contributed by atoms with Crippen LogP contribution in [0.2, 0.25) is 0 Å². The van der Waals surface area contributed by atoms with Gasteiger partial charge >= 0.3 is 0 Å². The molecule has 13 heavy (non-hydrogen) atoms. The Morgan fingerprint density at radius 2 is 2.31 bits per heavy atom. The number of hydrogen-bond acceptors (Lipinski definition) is 3. The van der Waals surface area contributed by atoms with Gasteiger partial charge in [0.2, 0.25) is 0 Å². The van der Waals surface area contributed by atoms with Gasteiger partial charge in [-0.3, -0.25) is 4.79 Å². The predicted molar refractivity (Wildman–Crippen MR) is 50.7 cm³/mol. The summed E-state index contributed by atoms with van der Waals surface area (Å²) in [6, 6.07) is 1.80. The Morgan fingerprint density at radius 3 is 3.00 bits per heavy atom. The number of imidazole rings is 1. The fourth-order valence-corrected chi connectivity index (χ4v) is 1.39. The van der Waals surface area contributed by atoms with Gasteiger partial charge in [-0.15, -0.1) is 0 Å². The zero-order valence-corrected chi connectivity index (χ0v) is 8.45. The van der Waals surface area contributed by atoms with Crippen molar-refractivity contribution in [3.05, 3.63) is 28.6 Å². The van der Waals surface area contributed by atoms with Crippen molar-refractivity contribution in [1.82, 2.24) is 14.6 Å². The number of rotatable bonds is 1. The molecule has 0 aromatic carbocycles. The van der Waals surface area contributed by atoms with Crippen molar-refractivity contribution in [2.24, 2.45) is 0 Å². The van der Waals surface area contributed by atoms with E-state index in [1.54, 1.807) is 12.3 Å². The monoisotopic (exact) mass is 239 g/mol. The second-order valence-corrected chi connectivity index (χ2v) is 3.56. The molecule has 4 nitrogen and oxygen atoms in total. The Hall–Kier alpha value is -1.23. The molecule has 0 saturated heterocycles. The zero-order valence-electron chi connectivity index (χ0n) is 6.86. The first-order chi connectivity index (χ1) is 6.18. The van der Waals surface area contributed by atoms with E-state index in [0.29, 0.717) is 11.3 Å². The highest BCUT2D eigenvalue weighted by atomic mass is 79.9. The highest BCUT2D eigenvalue weighted by molar-refractivity contribution is 9.10. The molecule has 0 saturated carbocycles. The summed E-state index contributed by atoms with van der Waals surface area (Å²) >= 11 is 3.28. The van der Waals surface area contributed by atoms with Gasteiger partial charge in [-0.25, -0.2) is 9.50 Å². The minimum Gasteiger partial charge on any atom is -0.293 e. The lowest BCUT2D eigenvalue weighted by Gasteiger charge is -1.95. The van der Waals surface area contributed by atoms with Gasteiger partial charge in [0.15, 0.2) is 11.4 Å². The molecule has 0 radical (unpaired) electrons. The number of carbonyl (C=O) groups is 1. The molecule has 66 valence electrons. The maximum Gasteiger partial charge on any atom is 0.179 e. The molecule has 0 atom stereocenters. The first-order valence-electron chi connectivity index (χ1n) is 3.69. The lowest BCUT2D eigenvalue weighted by atomic mass is 10.3. The summed E-state index contributed by atoms with van der Waals surface area (Å²) in [5.41, 5.74) is 1.17. The first-order valence-corrected chi connectivity index (χ1v) is 4.48. The molecule has 0 aliphatic carbocycles. The average Bonchev–Trinajstić information content (AvgIpc) is 2.46. The number of aromatic nitrogens is 3. The van der Waals surface area contributed by atoms with Crippen LogP contribution in [-0.4, -0.2) is 20.4 Å². The lowest BCUT2D eigenvalue weighted by molar-refractivity contribution is 0.101. The van der Waals surface area contributed by atoms with Crippen LogP contribution in [0.5, 0.6) is 0 Å². The molecular formula is C8H6BrN3O. The van der Waals surface area contributed by atoms with Gasteiger partial charge in [0.25, 0.3) is 0 Å². The Bertz CT molecular complexity index is 477. The highest BCUT2D eigenvalue weighted by Crippen LogP contribution is 2.11. The number of ketones is 1. The van der Waals surface area contributed by atoms with Crippen molar-refractivity contribution in [1.29, 1.82) is 0 Å². The third-order valence-electron chi connectivity index (χ3n) is 1.69. The standard InChI is InChI=1S/C8H6BrN3O/c1-5(13)7-4-10-8-2-6(9)3-11-12(7)8/h2-4H,1H3. The van der Waals surface area contributed by atoms with Gasteiger partial charge in [-0.1, -0.05) is 0 Å². The normalized spacial score (nSPS) is 10.6. The minimum atomic E-state index is -0.0395. The van der Waals surface area contributed by atoms with E-state index in [-0.39, 0.29) is 5.78 Å². The third-order valence-corrected chi connectivity index (χ3v) is 2.12. The molecule has 2 rings (SSSR count). The van der Waals surface area contributed by atoms with E-state index in [1.165, 1.54) is 17.6 Å². The highest BCUT2D eigenvalue weighted by Gasteiger charge is 2.07. The van der Waals surface area contributed by atoms with Crippen molar-refractivity contribution in [2.45, 2.75) is 6.92 Å². The van der Waals surface area contributed by atoms with Crippen LogP contribution in [0, 0.1) is 0 Å². The molecule has 0 aliphatic heterocycles. The smallest absolute Gasteiger partial charge is 0.179 e. The third kappa shape index (κ3) is 1.35. The van der Waals surface area contributed by atoms with E-state index in [9.17, 15) is 4.79 Å². The molecule has 0 amide bonds. The van der Waals surface area contributed by atoms with Gasteiger partial charge in [-0.05, 0) is 22.0 Å². The summed E-state index contributed by atoms with van der Waals surface area (Å²) in [7, 11) is 0. The molecule has 0 unspecified atom stereocenters. The number of carbonyl (C=O) groups excluding carboxylic acids is 1. The van der Waals surface area contributed by atoms with E-state index in [2.05, 4.69) is 26.0 Å². The van der Waals surface area contributed by atoms with Crippen molar-refractivity contribution in [2.75, 3.05) is 0 Å². The molecule has 0 aliphatic rings. The second-order valence-electron chi connectivity index (χ2n) is 2.64.